The molecule has 19 heavy (non-hydrogen) atoms. The third-order valence-corrected chi connectivity index (χ3v) is 2.57. The number of phenolic OH excluding ortho intramolecular Hbond substituents is 1. The lowest BCUT2D eigenvalue weighted by atomic mass is 10.1. The molecule has 6 nitrogen and oxygen atoms in total. The number of carboxylic acid groups (broad SMARTS) is 1. The second-order valence-corrected chi connectivity index (χ2v) is 4.16. The van der Waals surface area contributed by atoms with E-state index in [4.69, 9.17) is 15.3 Å². The van der Waals surface area contributed by atoms with E-state index < -0.39 is 17.9 Å². The number of hydrogen-bond acceptors (Lipinski definition) is 4. The molecule has 0 radical (unpaired) electrons. The minimum Gasteiger partial charge on any atom is -0.508 e. The predicted octanol–water partition coefficient (Wildman–Crippen LogP) is 0.277. The van der Waals surface area contributed by atoms with Gasteiger partial charge in [-0.25, -0.2) is 4.79 Å². The van der Waals surface area contributed by atoms with E-state index in [9.17, 15) is 9.59 Å². The molecule has 104 valence electrons. The van der Waals surface area contributed by atoms with Crippen molar-refractivity contribution in [3.8, 4) is 5.75 Å². The zero-order valence-electron chi connectivity index (χ0n) is 10.4. The third kappa shape index (κ3) is 5.39. The van der Waals surface area contributed by atoms with Crippen LogP contribution in [-0.4, -0.2) is 39.8 Å². The van der Waals surface area contributed by atoms with E-state index in [1.807, 2.05) is 0 Å². The molecule has 6 heteroatoms. The molecule has 1 unspecified atom stereocenters. The van der Waals surface area contributed by atoms with Crippen molar-refractivity contribution >= 4 is 11.9 Å². The van der Waals surface area contributed by atoms with Crippen LogP contribution in [0.2, 0.25) is 0 Å². The number of carbonyl (C=O) groups is 2. The molecule has 0 aromatic heterocycles. The predicted molar refractivity (Wildman–Crippen MR) is 67.7 cm³/mol. The average molecular weight is 267 g/mol. The zero-order valence-corrected chi connectivity index (χ0v) is 10.4. The van der Waals surface area contributed by atoms with Crippen molar-refractivity contribution in [3.05, 3.63) is 29.8 Å². The van der Waals surface area contributed by atoms with Crippen LogP contribution in [0.25, 0.3) is 0 Å². The molecule has 0 heterocycles. The van der Waals surface area contributed by atoms with Gasteiger partial charge < -0.3 is 20.6 Å². The summed E-state index contributed by atoms with van der Waals surface area (Å²) in [6, 6.07) is 5.11. The Kier molecular flexibility index (Phi) is 5.81. The van der Waals surface area contributed by atoms with Gasteiger partial charge >= 0.3 is 5.97 Å². The highest BCUT2D eigenvalue weighted by Gasteiger charge is 2.20. The number of hydrogen-bond donors (Lipinski definition) is 4. The number of aliphatic carboxylic acids is 1. The van der Waals surface area contributed by atoms with E-state index in [1.54, 1.807) is 12.1 Å². The standard InChI is InChI=1S/C13H17NO5/c15-7-1-2-12(17)14-11(13(18)19)8-9-3-5-10(16)6-4-9/h3-6,11,15-16H,1-2,7-8H2,(H,14,17)(H,18,19). The fraction of sp³-hybridized carbons (Fsp3) is 0.385. The molecule has 0 spiro atoms. The van der Waals surface area contributed by atoms with Crippen molar-refractivity contribution in [2.24, 2.45) is 0 Å². The van der Waals surface area contributed by atoms with Gasteiger partial charge in [0.1, 0.15) is 11.8 Å². The average Bonchev–Trinajstić information content (AvgIpc) is 2.38. The Balaban J connectivity index is 2.60. The van der Waals surface area contributed by atoms with E-state index in [0.29, 0.717) is 12.0 Å². The Morgan fingerprint density at radius 1 is 1.21 bits per heavy atom. The summed E-state index contributed by atoms with van der Waals surface area (Å²) in [6.45, 7) is -0.108. The molecule has 1 atom stereocenters. The summed E-state index contributed by atoms with van der Waals surface area (Å²) in [5.41, 5.74) is 0.702. The highest BCUT2D eigenvalue weighted by molar-refractivity contribution is 5.83. The smallest absolute Gasteiger partial charge is 0.326 e. The topological polar surface area (TPSA) is 107 Å². The van der Waals surface area contributed by atoms with Gasteiger partial charge in [0.2, 0.25) is 5.91 Å². The van der Waals surface area contributed by atoms with Crippen LogP contribution in [0.1, 0.15) is 18.4 Å². The lowest BCUT2D eigenvalue weighted by molar-refractivity contribution is -0.141. The molecular weight excluding hydrogens is 250 g/mol. The summed E-state index contributed by atoms with van der Waals surface area (Å²) < 4.78 is 0. The van der Waals surface area contributed by atoms with Crippen LogP contribution in [-0.2, 0) is 16.0 Å². The summed E-state index contributed by atoms with van der Waals surface area (Å²) in [5.74, 6) is -1.42. The van der Waals surface area contributed by atoms with E-state index in [0.717, 1.165) is 0 Å². The number of phenols is 1. The molecule has 0 aliphatic heterocycles. The minimum atomic E-state index is -1.12. The molecule has 0 aliphatic rings. The molecule has 0 bridgehead atoms. The summed E-state index contributed by atoms with van der Waals surface area (Å²) in [4.78, 5) is 22.5. The fourth-order valence-corrected chi connectivity index (χ4v) is 1.57. The van der Waals surface area contributed by atoms with Crippen molar-refractivity contribution in [1.82, 2.24) is 5.32 Å². The summed E-state index contributed by atoms with van der Waals surface area (Å²) in [6.07, 6.45) is 0.535. The van der Waals surface area contributed by atoms with Crippen molar-refractivity contribution in [1.29, 1.82) is 0 Å². The molecule has 0 saturated heterocycles. The van der Waals surface area contributed by atoms with Gasteiger partial charge in [-0.2, -0.15) is 0 Å². The number of aromatic hydroxyl groups is 1. The number of benzene rings is 1. The van der Waals surface area contributed by atoms with Gasteiger partial charge in [0, 0.05) is 19.4 Å². The molecule has 0 aliphatic carbocycles. The number of amides is 1. The van der Waals surface area contributed by atoms with Gasteiger partial charge in [-0.1, -0.05) is 12.1 Å². The minimum absolute atomic E-state index is 0.0931. The molecule has 1 amide bonds. The van der Waals surface area contributed by atoms with Crippen LogP contribution in [0.5, 0.6) is 5.75 Å². The largest absolute Gasteiger partial charge is 0.508 e. The van der Waals surface area contributed by atoms with Gasteiger partial charge in [0.05, 0.1) is 0 Å². The number of aliphatic hydroxyl groups excluding tert-OH is 1. The Hall–Kier alpha value is -2.08. The highest BCUT2D eigenvalue weighted by atomic mass is 16.4. The van der Waals surface area contributed by atoms with Crippen LogP contribution in [0.15, 0.2) is 24.3 Å². The number of nitrogens with one attached hydrogen (secondary N) is 1. The summed E-state index contributed by atoms with van der Waals surface area (Å²) in [5, 5.41) is 29.2. The second-order valence-electron chi connectivity index (χ2n) is 4.16. The Morgan fingerprint density at radius 3 is 2.37 bits per heavy atom. The Bertz CT molecular complexity index is 429. The molecule has 0 saturated carbocycles. The van der Waals surface area contributed by atoms with E-state index in [2.05, 4.69) is 5.32 Å². The molecule has 1 aromatic rings. The fourth-order valence-electron chi connectivity index (χ4n) is 1.57. The normalized spacial score (nSPS) is 11.8. The zero-order chi connectivity index (χ0) is 14.3. The van der Waals surface area contributed by atoms with Crippen LogP contribution < -0.4 is 5.32 Å². The number of carbonyl (C=O) groups excluding carboxylic acids is 1. The lowest BCUT2D eigenvalue weighted by Crippen LogP contribution is -2.42. The van der Waals surface area contributed by atoms with Crippen molar-refractivity contribution in [2.45, 2.75) is 25.3 Å². The molecular formula is C13H17NO5. The van der Waals surface area contributed by atoms with Crippen LogP contribution >= 0.6 is 0 Å². The van der Waals surface area contributed by atoms with Crippen molar-refractivity contribution < 1.29 is 24.9 Å². The van der Waals surface area contributed by atoms with Gasteiger partial charge in [0.15, 0.2) is 0 Å². The Morgan fingerprint density at radius 2 is 1.84 bits per heavy atom. The van der Waals surface area contributed by atoms with Gasteiger partial charge in [0.25, 0.3) is 0 Å². The highest BCUT2D eigenvalue weighted by Crippen LogP contribution is 2.11. The first-order valence-corrected chi connectivity index (χ1v) is 5.94. The number of aliphatic hydroxyl groups is 1. The first kappa shape index (κ1) is 15.0. The van der Waals surface area contributed by atoms with E-state index in [-0.39, 0.29) is 25.2 Å². The maximum absolute atomic E-state index is 11.4. The molecule has 1 aromatic carbocycles. The first-order chi connectivity index (χ1) is 9.02. The van der Waals surface area contributed by atoms with Crippen LogP contribution in [0.4, 0.5) is 0 Å². The summed E-state index contributed by atoms with van der Waals surface area (Å²) in [7, 11) is 0. The number of rotatable bonds is 7. The SMILES string of the molecule is O=C(CCCO)NC(Cc1ccc(O)cc1)C(=O)O. The monoisotopic (exact) mass is 267 g/mol. The second kappa shape index (κ2) is 7.38. The maximum atomic E-state index is 11.4. The van der Waals surface area contributed by atoms with Crippen molar-refractivity contribution in [2.75, 3.05) is 6.61 Å². The van der Waals surface area contributed by atoms with Crippen LogP contribution in [0, 0.1) is 0 Å². The number of carboxylic acids is 1. The van der Waals surface area contributed by atoms with Gasteiger partial charge in [-0.05, 0) is 24.1 Å². The lowest BCUT2D eigenvalue weighted by Gasteiger charge is -2.14. The van der Waals surface area contributed by atoms with E-state index >= 15 is 0 Å². The summed E-state index contributed by atoms with van der Waals surface area (Å²) >= 11 is 0. The van der Waals surface area contributed by atoms with E-state index in [1.165, 1.54) is 12.1 Å². The quantitative estimate of drug-likeness (QED) is 0.567. The first-order valence-electron chi connectivity index (χ1n) is 5.94. The third-order valence-electron chi connectivity index (χ3n) is 2.57. The maximum Gasteiger partial charge on any atom is 0.326 e. The molecule has 0 fully saturated rings. The van der Waals surface area contributed by atoms with Crippen LogP contribution in [0.3, 0.4) is 0 Å². The van der Waals surface area contributed by atoms with Gasteiger partial charge in [-0.15, -0.1) is 0 Å². The van der Waals surface area contributed by atoms with Crippen molar-refractivity contribution in [3.63, 3.8) is 0 Å². The molecule has 4 N–H and O–H groups in total. The molecule has 1 rings (SSSR count). The Labute approximate surface area is 110 Å². The van der Waals surface area contributed by atoms with Gasteiger partial charge in [-0.3, -0.25) is 4.79 Å².